The number of aromatic nitrogens is 3. The number of hydrogen-bond donors (Lipinski definition) is 2. The second-order valence-corrected chi connectivity index (χ2v) is 5.14. The lowest BCUT2D eigenvalue weighted by atomic mass is 9.84. The van der Waals surface area contributed by atoms with Crippen LogP contribution >= 0.6 is 0 Å². The Labute approximate surface area is 106 Å². The number of rotatable bonds is 2. The van der Waals surface area contributed by atoms with Gasteiger partial charge in [0.05, 0.1) is 6.10 Å². The number of nitrogens with zero attached hydrogens (tertiary/aromatic N) is 3. The predicted octanol–water partition coefficient (Wildman–Crippen LogP) is 1.41. The molecule has 18 heavy (non-hydrogen) atoms. The molecule has 3 rings (SSSR count). The van der Waals surface area contributed by atoms with Gasteiger partial charge < -0.3 is 10.8 Å². The standard InChI is InChI=1S/C13H18N4O/c14-13-15-12-3-1-2-10(17(12)16-13)8-9-4-6-11(18)7-5-9/h1-3,9,11,18H,4-8H2,(H2,14,16). The van der Waals surface area contributed by atoms with Crippen LogP contribution < -0.4 is 5.73 Å². The lowest BCUT2D eigenvalue weighted by molar-refractivity contribution is 0.108. The zero-order valence-electron chi connectivity index (χ0n) is 10.3. The normalized spacial score (nSPS) is 24.5. The molecule has 0 unspecified atom stereocenters. The van der Waals surface area contributed by atoms with Crippen LogP contribution in [0, 0.1) is 5.92 Å². The fraction of sp³-hybridized carbons (Fsp3) is 0.538. The van der Waals surface area contributed by atoms with E-state index in [0.717, 1.165) is 43.4 Å². The number of pyridine rings is 1. The predicted molar refractivity (Wildman–Crippen MR) is 69.1 cm³/mol. The van der Waals surface area contributed by atoms with Crippen molar-refractivity contribution in [2.24, 2.45) is 5.92 Å². The highest BCUT2D eigenvalue weighted by atomic mass is 16.3. The topological polar surface area (TPSA) is 76.4 Å². The van der Waals surface area contributed by atoms with Crippen LogP contribution in [0.1, 0.15) is 31.4 Å². The first-order chi connectivity index (χ1) is 8.72. The molecule has 96 valence electrons. The smallest absolute Gasteiger partial charge is 0.240 e. The summed E-state index contributed by atoms with van der Waals surface area (Å²) in [5, 5.41) is 13.8. The second-order valence-electron chi connectivity index (χ2n) is 5.14. The summed E-state index contributed by atoms with van der Waals surface area (Å²) in [5.41, 5.74) is 7.59. The molecule has 1 saturated carbocycles. The van der Waals surface area contributed by atoms with Crippen LogP contribution in [0.25, 0.3) is 5.65 Å². The van der Waals surface area contributed by atoms with E-state index in [4.69, 9.17) is 5.73 Å². The van der Waals surface area contributed by atoms with Crippen LogP contribution in [-0.4, -0.2) is 25.8 Å². The zero-order chi connectivity index (χ0) is 12.5. The van der Waals surface area contributed by atoms with Gasteiger partial charge in [-0.15, -0.1) is 5.10 Å². The molecule has 1 aliphatic carbocycles. The molecule has 5 heteroatoms. The molecule has 0 aromatic carbocycles. The molecule has 5 nitrogen and oxygen atoms in total. The van der Waals surface area contributed by atoms with Gasteiger partial charge in [0.25, 0.3) is 0 Å². The van der Waals surface area contributed by atoms with E-state index in [9.17, 15) is 5.11 Å². The number of anilines is 1. The van der Waals surface area contributed by atoms with Gasteiger partial charge >= 0.3 is 0 Å². The zero-order valence-corrected chi connectivity index (χ0v) is 10.3. The van der Waals surface area contributed by atoms with Crippen LogP contribution in [0.5, 0.6) is 0 Å². The Morgan fingerprint density at radius 1 is 1.28 bits per heavy atom. The quantitative estimate of drug-likeness (QED) is 0.840. The molecule has 0 atom stereocenters. The summed E-state index contributed by atoms with van der Waals surface area (Å²) in [6, 6.07) is 5.99. The van der Waals surface area contributed by atoms with Crippen molar-refractivity contribution in [1.82, 2.24) is 14.6 Å². The van der Waals surface area contributed by atoms with Gasteiger partial charge in [-0.05, 0) is 50.2 Å². The second kappa shape index (κ2) is 4.57. The van der Waals surface area contributed by atoms with Gasteiger partial charge in [0.15, 0.2) is 5.65 Å². The number of nitrogens with two attached hydrogens (primary N) is 1. The number of aliphatic hydroxyl groups excluding tert-OH is 1. The minimum absolute atomic E-state index is 0.0981. The van der Waals surface area contributed by atoms with E-state index in [1.807, 2.05) is 16.6 Å². The number of hydrogen-bond acceptors (Lipinski definition) is 4. The van der Waals surface area contributed by atoms with E-state index in [-0.39, 0.29) is 6.10 Å². The van der Waals surface area contributed by atoms with Crippen LogP contribution in [0.4, 0.5) is 5.95 Å². The van der Waals surface area contributed by atoms with Crippen LogP contribution in [0.2, 0.25) is 0 Å². The molecule has 0 saturated heterocycles. The molecule has 0 amide bonds. The van der Waals surface area contributed by atoms with Gasteiger partial charge in [-0.25, -0.2) is 4.52 Å². The van der Waals surface area contributed by atoms with Crippen molar-refractivity contribution in [3.05, 3.63) is 23.9 Å². The largest absolute Gasteiger partial charge is 0.393 e. The van der Waals surface area contributed by atoms with Crippen LogP contribution in [0.3, 0.4) is 0 Å². The van der Waals surface area contributed by atoms with Crippen molar-refractivity contribution < 1.29 is 5.11 Å². The van der Waals surface area contributed by atoms with Crippen molar-refractivity contribution >= 4 is 11.6 Å². The third-order valence-corrected chi connectivity index (χ3v) is 3.77. The Morgan fingerprint density at radius 2 is 2.06 bits per heavy atom. The molecule has 2 heterocycles. The first-order valence-corrected chi connectivity index (χ1v) is 6.50. The lowest BCUT2D eigenvalue weighted by Crippen LogP contribution is -2.20. The van der Waals surface area contributed by atoms with E-state index >= 15 is 0 Å². The van der Waals surface area contributed by atoms with Gasteiger partial charge in [-0.1, -0.05) is 6.07 Å². The summed E-state index contributed by atoms with van der Waals surface area (Å²) < 4.78 is 1.83. The Hall–Kier alpha value is -1.62. The molecule has 1 fully saturated rings. The molecule has 0 aliphatic heterocycles. The molecule has 0 radical (unpaired) electrons. The summed E-state index contributed by atoms with van der Waals surface area (Å²) >= 11 is 0. The summed E-state index contributed by atoms with van der Waals surface area (Å²) in [6.45, 7) is 0. The molecule has 2 aromatic rings. The Morgan fingerprint density at radius 3 is 2.83 bits per heavy atom. The minimum Gasteiger partial charge on any atom is -0.393 e. The number of fused-ring (bicyclic) bond motifs is 1. The van der Waals surface area contributed by atoms with E-state index in [0.29, 0.717) is 11.9 Å². The highest BCUT2D eigenvalue weighted by Crippen LogP contribution is 2.27. The average molecular weight is 246 g/mol. The Kier molecular flexibility index (Phi) is 2.91. The van der Waals surface area contributed by atoms with Crippen molar-refractivity contribution in [2.45, 2.75) is 38.2 Å². The molecule has 0 bridgehead atoms. The summed E-state index contributed by atoms with van der Waals surface area (Å²) in [4.78, 5) is 4.17. The highest BCUT2D eigenvalue weighted by Gasteiger charge is 2.20. The van der Waals surface area contributed by atoms with E-state index < -0.39 is 0 Å². The Bertz CT molecular complexity index is 543. The molecule has 1 aliphatic rings. The number of aliphatic hydroxyl groups is 1. The summed E-state index contributed by atoms with van der Waals surface area (Å²) in [7, 11) is 0. The average Bonchev–Trinajstić information content (AvgIpc) is 2.73. The first-order valence-electron chi connectivity index (χ1n) is 6.50. The van der Waals surface area contributed by atoms with Crippen LogP contribution in [0.15, 0.2) is 18.2 Å². The van der Waals surface area contributed by atoms with E-state index in [1.54, 1.807) is 0 Å². The van der Waals surface area contributed by atoms with Gasteiger partial charge in [-0.2, -0.15) is 4.98 Å². The third kappa shape index (κ3) is 2.18. The fourth-order valence-electron chi connectivity index (χ4n) is 2.78. The van der Waals surface area contributed by atoms with E-state index in [2.05, 4.69) is 16.1 Å². The molecule has 0 spiro atoms. The van der Waals surface area contributed by atoms with Crippen molar-refractivity contribution in [1.29, 1.82) is 0 Å². The Balaban J connectivity index is 1.82. The molecular weight excluding hydrogens is 228 g/mol. The maximum atomic E-state index is 9.52. The first kappa shape index (κ1) is 11.5. The van der Waals surface area contributed by atoms with Gasteiger partial charge in [0.2, 0.25) is 5.95 Å². The number of nitrogen functional groups attached to an aromatic ring is 1. The maximum Gasteiger partial charge on any atom is 0.240 e. The monoisotopic (exact) mass is 246 g/mol. The van der Waals surface area contributed by atoms with E-state index in [1.165, 1.54) is 0 Å². The van der Waals surface area contributed by atoms with Crippen molar-refractivity contribution in [3.8, 4) is 0 Å². The fourth-order valence-corrected chi connectivity index (χ4v) is 2.78. The third-order valence-electron chi connectivity index (χ3n) is 3.77. The van der Waals surface area contributed by atoms with Gasteiger partial charge in [0.1, 0.15) is 0 Å². The van der Waals surface area contributed by atoms with Crippen molar-refractivity contribution in [3.63, 3.8) is 0 Å². The SMILES string of the molecule is Nc1nc2cccc(CC3CCC(O)CC3)n2n1. The summed E-state index contributed by atoms with van der Waals surface area (Å²) in [6.07, 6.45) is 4.88. The maximum absolute atomic E-state index is 9.52. The minimum atomic E-state index is -0.0981. The van der Waals surface area contributed by atoms with Gasteiger partial charge in [0, 0.05) is 5.69 Å². The molecular formula is C13H18N4O. The molecule has 3 N–H and O–H groups in total. The lowest BCUT2D eigenvalue weighted by Gasteiger charge is -2.25. The highest BCUT2D eigenvalue weighted by molar-refractivity contribution is 5.42. The molecule has 2 aromatic heterocycles. The van der Waals surface area contributed by atoms with Crippen molar-refractivity contribution in [2.75, 3.05) is 5.73 Å². The van der Waals surface area contributed by atoms with Gasteiger partial charge in [-0.3, -0.25) is 0 Å². The van der Waals surface area contributed by atoms with Crippen LogP contribution in [-0.2, 0) is 6.42 Å². The summed E-state index contributed by atoms with van der Waals surface area (Å²) in [5.74, 6) is 0.950.